The van der Waals surface area contributed by atoms with Crippen LogP contribution in [0.15, 0.2) is 36.4 Å². The summed E-state index contributed by atoms with van der Waals surface area (Å²) >= 11 is 0. The maximum absolute atomic E-state index is 14.3. The van der Waals surface area contributed by atoms with Crippen molar-refractivity contribution in [1.29, 1.82) is 0 Å². The number of nitrogen functional groups attached to an aromatic ring is 1. The highest BCUT2D eigenvalue weighted by atomic mass is 32.2. The number of hydrogen-bond acceptors (Lipinski definition) is 4. The molecule has 0 saturated carbocycles. The lowest BCUT2D eigenvalue weighted by molar-refractivity contribution is 0.414. The minimum absolute atomic E-state index is 0.109. The number of nitrogens with zero attached hydrogens (tertiary/aromatic N) is 1. The second kappa shape index (κ2) is 7.04. The van der Waals surface area contributed by atoms with Crippen molar-refractivity contribution >= 4 is 21.4 Å². The van der Waals surface area contributed by atoms with Crippen LogP contribution in [0.2, 0.25) is 0 Å². The topological polar surface area (TPSA) is 72.6 Å². The van der Waals surface area contributed by atoms with Crippen LogP contribution in [0.5, 0.6) is 5.75 Å². The minimum Gasteiger partial charge on any atom is -0.497 e. The summed E-state index contributed by atoms with van der Waals surface area (Å²) in [5.41, 5.74) is 4.97. The van der Waals surface area contributed by atoms with Crippen LogP contribution in [0, 0.1) is 11.6 Å². The highest BCUT2D eigenvalue weighted by molar-refractivity contribution is 7.92. The molecule has 0 saturated heterocycles. The fourth-order valence-corrected chi connectivity index (χ4v) is 3.23. The highest BCUT2D eigenvalue weighted by Crippen LogP contribution is 2.30. The van der Waals surface area contributed by atoms with Gasteiger partial charge in [0.05, 0.1) is 25.1 Å². The van der Waals surface area contributed by atoms with Gasteiger partial charge < -0.3 is 10.5 Å². The van der Waals surface area contributed by atoms with Crippen LogP contribution in [-0.2, 0) is 16.6 Å². The van der Waals surface area contributed by atoms with Gasteiger partial charge in [-0.1, -0.05) is 12.1 Å². The first-order valence-corrected chi connectivity index (χ1v) is 8.78. The molecule has 24 heavy (non-hydrogen) atoms. The Bertz CT molecular complexity index is 824. The molecule has 5 nitrogen and oxygen atoms in total. The maximum atomic E-state index is 14.3. The summed E-state index contributed by atoms with van der Waals surface area (Å²) in [4.78, 5) is 0. The number of methoxy groups -OCH3 is 1. The predicted octanol–water partition coefficient (Wildman–Crippen LogP) is 2.91. The van der Waals surface area contributed by atoms with E-state index in [-0.39, 0.29) is 18.0 Å². The first kappa shape index (κ1) is 18.0. The first-order chi connectivity index (χ1) is 11.3. The molecule has 0 aliphatic heterocycles. The Morgan fingerprint density at radius 2 is 1.75 bits per heavy atom. The number of benzene rings is 2. The van der Waals surface area contributed by atoms with E-state index >= 15 is 0 Å². The highest BCUT2D eigenvalue weighted by Gasteiger charge is 2.25. The molecule has 0 amide bonds. The Morgan fingerprint density at radius 1 is 1.12 bits per heavy atom. The number of anilines is 2. The summed E-state index contributed by atoms with van der Waals surface area (Å²) in [6.07, 6.45) is 0. The summed E-state index contributed by atoms with van der Waals surface area (Å²) in [6.45, 7) is 1.34. The van der Waals surface area contributed by atoms with Crippen molar-refractivity contribution in [3.63, 3.8) is 0 Å². The van der Waals surface area contributed by atoms with Gasteiger partial charge in [-0.25, -0.2) is 17.2 Å². The van der Waals surface area contributed by atoms with Gasteiger partial charge in [-0.2, -0.15) is 0 Å². The summed E-state index contributed by atoms with van der Waals surface area (Å²) in [6, 6.07) is 8.68. The number of sulfonamides is 1. The van der Waals surface area contributed by atoms with E-state index in [0.29, 0.717) is 11.3 Å². The van der Waals surface area contributed by atoms with Crippen molar-refractivity contribution in [2.24, 2.45) is 0 Å². The van der Waals surface area contributed by atoms with Gasteiger partial charge in [0.15, 0.2) is 5.82 Å². The fourth-order valence-electron chi connectivity index (χ4n) is 2.14. The van der Waals surface area contributed by atoms with E-state index in [1.54, 1.807) is 24.3 Å². The van der Waals surface area contributed by atoms with E-state index in [2.05, 4.69) is 0 Å². The van der Waals surface area contributed by atoms with Crippen LogP contribution >= 0.6 is 0 Å². The monoisotopic (exact) mass is 356 g/mol. The van der Waals surface area contributed by atoms with E-state index in [4.69, 9.17) is 10.5 Å². The molecule has 2 rings (SSSR count). The summed E-state index contributed by atoms with van der Waals surface area (Å²) in [7, 11) is -2.28. The van der Waals surface area contributed by atoms with Crippen molar-refractivity contribution in [3.05, 3.63) is 53.6 Å². The molecule has 2 aromatic carbocycles. The molecule has 2 N–H and O–H groups in total. The van der Waals surface area contributed by atoms with Gasteiger partial charge in [0, 0.05) is 0 Å². The third-order valence-electron chi connectivity index (χ3n) is 3.56. The maximum Gasteiger partial charge on any atom is 0.235 e. The summed E-state index contributed by atoms with van der Waals surface area (Å²) in [5.74, 6) is -1.66. The van der Waals surface area contributed by atoms with E-state index in [0.717, 1.165) is 16.4 Å². The van der Waals surface area contributed by atoms with Crippen molar-refractivity contribution < 1.29 is 21.9 Å². The zero-order valence-electron chi connectivity index (χ0n) is 13.3. The molecule has 0 atom stereocenters. The quantitative estimate of drug-likeness (QED) is 0.808. The average Bonchev–Trinajstić information content (AvgIpc) is 2.59. The van der Waals surface area contributed by atoms with Crippen LogP contribution in [-0.4, -0.2) is 21.3 Å². The standard InChI is InChI=1S/C16H18F2N2O3S/c1-3-24(21,22)20(10-11-4-6-12(23-2)7-5-11)14-9-8-13(17)16(19)15(14)18/h4-9H,3,10,19H2,1-2H3. The largest absolute Gasteiger partial charge is 0.497 e. The van der Waals surface area contributed by atoms with E-state index in [1.165, 1.54) is 14.0 Å². The zero-order valence-corrected chi connectivity index (χ0v) is 14.1. The molecule has 0 radical (unpaired) electrons. The molecular formula is C16H18F2N2O3S. The molecule has 2 aromatic rings. The molecule has 0 aliphatic rings. The predicted molar refractivity (Wildman–Crippen MR) is 89.4 cm³/mol. The summed E-state index contributed by atoms with van der Waals surface area (Å²) < 4.78 is 58.4. The number of rotatable bonds is 6. The number of ether oxygens (including phenoxy) is 1. The molecule has 0 spiro atoms. The molecule has 0 heterocycles. The number of halogens is 2. The zero-order chi connectivity index (χ0) is 17.9. The molecule has 8 heteroatoms. The Morgan fingerprint density at radius 3 is 2.29 bits per heavy atom. The second-order valence-electron chi connectivity index (χ2n) is 5.05. The lowest BCUT2D eigenvalue weighted by atomic mass is 10.2. The Hall–Kier alpha value is -2.35. The third-order valence-corrected chi connectivity index (χ3v) is 5.29. The van der Waals surface area contributed by atoms with Crippen LogP contribution in [0.1, 0.15) is 12.5 Å². The van der Waals surface area contributed by atoms with E-state index in [1.807, 2.05) is 0 Å². The summed E-state index contributed by atoms with van der Waals surface area (Å²) in [5, 5.41) is 0. The van der Waals surface area contributed by atoms with Crippen molar-refractivity contribution in [2.75, 3.05) is 22.9 Å². The van der Waals surface area contributed by atoms with Crippen LogP contribution in [0.3, 0.4) is 0 Å². The Labute approximate surface area is 139 Å². The smallest absolute Gasteiger partial charge is 0.235 e. The van der Waals surface area contributed by atoms with Crippen molar-refractivity contribution in [1.82, 2.24) is 0 Å². The minimum atomic E-state index is -3.80. The molecule has 0 aromatic heterocycles. The molecule has 0 aliphatic carbocycles. The second-order valence-corrected chi connectivity index (χ2v) is 7.23. The molecule has 130 valence electrons. The fraction of sp³-hybridized carbons (Fsp3) is 0.250. The Kier molecular flexibility index (Phi) is 5.28. The lowest BCUT2D eigenvalue weighted by Gasteiger charge is -2.25. The van der Waals surface area contributed by atoms with Crippen LogP contribution in [0.4, 0.5) is 20.2 Å². The van der Waals surface area contributed by atoms with Gasteiger partial charge in [0.1, 0.15) is 17.3 Å². The third kappa shape index (κ3) is 3.59. The Balaban J connectivity index is 2.48. The first-order valence-electron chi connectivity index (χ1n) is 7.17. The van der Waals surface area contributed by atoms with E-state index < -0.39 is 27.3 Å². The van der Waals surface area contributed by atoms with Gasteiger partial charge in [-0.3, -0.25) is 4.31 Å². The SMILES string of the molecule is CCS(=O)(=O)N(Cc1ccc(OC)cc1)c1ccc(F)c(N)c1F. The van der Waals surface area contributed by atoms with Crippen molar-refractivity contribution in [2.45, 2.75) is 13.5 Å². The van der Waals surface area contributed by atoms with E-state index in [9.17, 15) is 17.2 Å². The van der Waals surface area contributed by atoms with Gasteiger partial charge in [-0.15, -0.1) is 0 Å². The molecular weight excluding hydrogens is 338 g/mol. The lowest BCUT2D eigenvalue weighted by Crippen LogP contribution is -2.32. The van der Waals surface area contributed by atoms with Crippen LogP contribution in [0.25, 0.3) is 0 Å². The van der Waals surface area contributed by atoms with Gasteiger partial charge in [0.2, 0.25) is 10.0 Å². The van der Waals surface area contributed by atoms with Gasteiger partial charge >= 0.3 is 0 Å². The molecule has 0 bridgehead atoms. The van der Waals surface area contributed by atoms with Crippen molar-refractivity contribution in [3.8, 4) is 5.75 Å². The normalized spacial score (nSPS) is 11.3. The molecule has 0 fully saturated rings. The van der Waals surface area contributed by atoms with Crippen LogP contribution < -0.4 is 14.8 Å². The van der Waals surface area contributed by atoms with Gasteiger partial charge in [0.25, 0.3) is 0 Å². The molecule has 0 unspecified atom stereocenters. The number of hydrogen-bond donors (Lipinski definition) is 1. The number of nitrogens with two attached hydrogens (primary N) is 1. The van der Waals surface area contributed by atoms with Gasteiger partial charge in [-0.05, 0) is 36.8 Å². The average molecular weight is 356 g/mol.